The van der Waals surface area contributed by atoms with Crippen molar-refractivity contribution in [1.29, 1.82) is 0 Å². The number of hydrogen-bond acceptors (Lipinski definition) is 4. The summed E-state index contributed by atoms with van der Waals surface area (Å²) in [6.07, 6.45) is 0. The molecule has 0 aliphatic rings. The average Bonchev–Trinajstić information content (AvgIpc) is 2.97. The maximum absolute atomic E-state index is 11.2. The maximum Gasteiger partial charge on any atom is 4.00 e. The molecule has 0 spiro atoms. The third-order valence-electron chi connectivity index (χ3n) is 9.73. The Hall–Kier alpha value is -3.21. The molecule has 4 nitrogen and oxygen atoms in total. The molecule has 45 heavy (non-hydrogen) atoms. The summed E-state index contributed by atoms with van der Waals surface area (Å²) in [6.45, 7) is 31.6. The first-order chi connectivity index (χ1) is 20.1. The molecule has 0 N–H and O–H groups in total. The molecule has 0 fully saturated rings. The summed E-state index contributed by atoms with van der Waals surface area (Å²) in [4.78, 5) is 0. The van der Waals surface area contributed by atoms with Crippen molar-refractivity contribution < 1.29 is 42.1 Å². The molecule has 240 valence electrons. The standard InChI is InChI=1S/4C10H14O.Ti/c4*1-6-5-10(11)9(4)8(3)7(6)2;/h4*5,11H,1-4H3;/q;;;;+4/p-4. The van der Waals surface area contributed by atoms with E-state index in [2.05, 4.69) is 27.7 Å². The molecule has 0 heterocycles. The van der Waals surface area contributed by atoms with E-state index in [-0.39, 0.29) is 44.7 Å². The van der Waals surface area contributed by atoms with Crippen LogP contribution in [0.4, 0.5) is 0 Å². The fourth-order valence-corrected chi connectivity index (χ4v) is 4.70. The van der Waals surface area contributed by atoms with Crippen LogP contribution in [0.3, 0.4) is 0 Å². The Morgan fingerprint density at radius 1 is 0.244 bits per heavy atom. The van der Waals surface area contributed by atoms with Crippen molar-refractivity contribution in [3.05, 3.63) is 113 Å². The van der Waals surface area contributed by atoms with E-state index in [0.717, 1.165) is 66.8 Å². The van der Waals surface area contributed by atoms with E-state index < -0.39 is 0 Å². The Balaban J connectivity index is 0.000000569. The van der Waals surface area contributed by atoms with Gasteiger partial charge in [0.2, 0.25) is 0 Å². The van der Waals surface area contributed by atoms with Crippen LogP contribution in [0.2, 0.25) is 0 Å². The van der Waals surface area contributed by atoms with E-state index in [1.54, 1.807) is 24.3 Å². The van der Waals surface area contributed by atoms with Crippen LogP contribution in [0, 0.1) is 111 Å². The SMILES string of the molecule is Cc1cc([O-])c(C)c(C)c1C.Cc1cc([O-])c(C)c(C)c1C.Cc1cc([O-])c(C)c(C)c1C.Cc1cc([O-])c(C)c(C)c1C.[Ti+4]. The molecule has 0 bridgehead atoms. The van der Waals surface area contributed by atoms with Crippen molar-refractivity contribution in [2.24, 2.45) is 0 Å². The molecule has 4 aromatic rings. The smallest absolute Gasteiger partial charge is 0.872 e. The van der Waals surface area contributed by atoms with Gasteiger partial charge in [-0.15, -0.1) is 23.0 Å². The molecule has 0 radical (unpaired) electrons. The van der Waals surface area contributed by atoms with Gasteiger partial charge in [-0.3, -0.25) is 0 Å². The second-order valence-corrected chi connectivity index (χ2v) is 12.3. The minimum atomic E-state index is 0. The van der Waals surface area contributed by atoms with Crippen LogP contribution in [-0.2, 0) is 21.7 Å². The number of rotatable bonds is 0. The largest absolute Gasteiger partial charge is 4.00 e. The van der Waals surface area contributed by atoms with Gasteiger partial charge in [-0.2, -0.15) is 0 Å². The molecule has 0 saturated heterocycles. The first kappa shape index (κ1) is 41.8. The van der Waals surface area contributed by atoms with E-state index in [9.17, 15) is 20.4 Å². The van der Waals surface area contributed by atoms with Gasteiger partial charge in [0.25, 0.3) is 0 Å². The Kier molecular flexibility index (Phi) is 16.2. The van der Waals surface area contributed by atoms with Crippen molar-refractivity contribution in [3.63, 3.8) is 0 Å². The molecule has 4 rings (SSSR count). The van der Waals surface area contributed by atoms with Crippen LogP contribution in [0.25, 0.3) is 0 Å². The normalized spacial score (nSPS) is 9.96. The van der Waals surface area contributed by atoms with Gasteiger partial charge in [-0.25, -0.2) is 0 Å². The van der Waals surface area contributed by atoms with Crippen LogP contribution < -0.4 is 20.4 Å². The van der Waals surface area contributed by atoms with E-state index in [4.69, 9.17) is 0 Å². The van der Waals surface area contributed by atoms with Crippen molar-refractivity contribution in [2.45, 2.75) is 111 Å². The summed E-state index contributed by atoms with van der Waals surface area (Å²) < 4.78 is 0. The predicted molar refractivity (Wildman–Crippen MR) is 179 cm³/mol. The van der Waals surface area contributed by atoms with Crippen molar-refractivity contribution in [1.82, 2.24) is 0 Å². The molecule has 0 aromatic heterocycles. The van der Waals surface area contributed by atoms with Crippen molar-refractivity contribution in [2.75, 3.05) is 0 Å². The number of benzene rings is 4. The zero-order chi connectivity index (χ0) is 34.4. The Morgan fingerprint density at radius 3 is 0.511 bits per heavy atom. The van der Waals surface area contributed by atoms with Crippen molar-refractivity contribution >= 4 is 0 Å². The minimum absolute atomic E-state index is 0. The molecule has 5 heteroatoms. The van der Waals surface area contributed by atoms with Crippen LogP contribution >= 0.6 is 0 Å². The third-order valence-corrected chi connectivity index (χ3v) is 9.73. The number of aryl methyl sites for hydroxylation is 4. The summed E-state index contributed by atoms with van der Waals surface area (Å²) in [6, 6.07) is 6.82. The van der Waals surface area contributed by atoms with Crippen LogP contribution in [0.5, 0.6) is 23.0 Å². The molecular weight excluding hydrogens is 592 g/mol. The summed E-state index contributed by atoms with van der Waals surface area (Å²) in [5.41, 5.74) is 17.4. The molecule has 0 unspecified atom stereocenters. The monoisotopic (exact) mass is 644 g/mol. The summed E-state index contributed by atoms with van der Waals surface area (Å²) in [7, 11) is 0. The quantitative estimate of drug-likeness (QED) is 0.182. The molecular formula is C40H52O4Ti. The Labute approximate surface area is 288 Å². The van der Waals surface area contributed by atoms with Crippen LogP contribution in [0.15, 0.2) is 24.3 Å². The topological polar surface area (TPSA) is 92.2 Å². The second kappa shape index (κ2) is 17.5. The molecule has 4 aromatic carbocycles. The Morgan fingerprint density at radius 2 is 0.378 bits per heavy atom. The fourth-order valence-electron chi connectivity index (χ4n) is 4.70. The summed E-state index contributed by atoms with van der Waals surface area (Å²) in [5, 5.41) is 44.9. The van der Waals surface area contributed by atoms with Gasteiger partial charge in [0.15, 0.2) is 0 Å². The predicted octanol–water partition coefficient (Wildman–Crippen LogP) is 7.97. The number of hydrogen-bond donors (Lipinski definition) is 0. The van der Waals surface area contributed by atoms with E-state index in [1.165, 1.54) is 22.3 Å². The zero-order valence-electron chi connectivity index (χ0n) is 30.4. The fraction of sp³-hybridized carbons (Fsp3) is 0.400. The van der Waals surface area contributed by atoms with Crippen LogP contribution in [0.1, 0.15) is 89.0 Å². The van der Waals surface area contributed by atoms with Gasteiger partial charge in [-0.1, -0.05) is 46.5 Å². The summed E-state index contributed by atoms with van der Waals surface area (Å²) >= 11 is 0. The van der Waals surface area contributed by atoms with Crippen molar-refractivity contribution in [3.8, 4) is 23.0 Å². The average molecular weight is 645 g/mol. The zero-order valence-corrected chi connectivity index (χ0v) is 32.0. The third kappa shape index (κ3) is 10.4. The summed E-state index contributed by atoms with van der Waals surface area (Å²) in [5.74, 6) is 0.632. The van der Waals surface area contributed by atoms with Gasteiger partial charge in [0.1, 0.15) is 0 Å². The van der Waals surface area contributed by atoms with E-state index >= 15 is 0 Å². The van der Waals surface area contributed by atoms with Gasteiger partial charge in [0, 0.05) is 0 Å². The van der Waals surface area contributed by atoms with Gasteiger partial charge in [-0.05, 0) is 178 Å². The van der Waals surface area contributed by atoms with Gasteiger partial charge >= 0.3 is 21.7 Å². The van der Waals surface area contributed by atoms with Crippen LogP contribution in [-0.4, -0.2) is 0 Å². The molecule has 0 saturated carbocycles. The first-order valence-corrected chi connectivity index (χ1v) is 15.1. The Bertz CT molecular complexity index is 1300. The van der Waals surface area contributed by atoms with E-state index in [1.807, 2.05) is 83.1 Å². The molecule has 0 aliphatic heterocycles. The van der Waals surface area contributed by atoms with E-state index in [0.29, 0.717) is 0 Å². The maximum atomic E-state index is 11.2. The molecule has 0 atom stereocenters. The van der Waals surface area contributed by atoms with Gasteiger partial charge < -0.3 is 20.4 Å². The molecule has 0 amide bonds. The van der Waals surface area contributed by atoms with Gasteiger partial charge in [0.05, 0.1) is 0 Å². The minimum Gasteiger partial charge on any atom is -0.872 e. The second-order valence-electron chi connectivity index (χ2n) is 12.3. The first-order valence-electron chi connectivity index (χ1n) is 15.1. The molecule has 0 aliphatic carbocycles.